The Morgan fingerprint density at radius 1 is 0.972 bits per heavy atom. The van der Waals surface area contributed by atoms with E-state index in [9.17, 15) is 23.3 Å². The number of aryl methyl sites for hydroxylation is 2. The lowest BCUT2D eigenvalue weighted by Gasteiger charge is -2.09. The number of amides is 1. The van der Waals surface area contributed by atoms with Crippen LogP contribution in [0.15, 0.2) is 82.2 Å². The molecule has 0 aliphatic carbocycles. The second-order valence-corrected chi connectivity index (χ2v) is 9.66. The van der Waals surface area contributed by atoms with Crippen molar-refractivity contribution in [2.75, 3.05) is 0 Å². The molecule has 0 saturated heterocycles. The third-order valence-corrected chi connectivity index (χ3v) is 6.77. The molecule has 3 aromatic carbocycles. The van der Waals surface area contributed by atoms with E-state index in [1.165, 1.54) is 36.4 Å². The fraction of sp³-hybridized carbons (Fsp3) is 0.120. The minimum Gasteiger partial charge on any atom is -0.360 e. The zero-order valence-electron chi connectivity index (χ0n) is 19.3. The van der Waals surface area contributed by atoms with Crippen molar-refractivity contribution in [3.8, 4) is 22.4 Å². The molecule has 1 N–H and O–H groups in total. The monoisotopic (exact) mass is 507 g/mol. The summed E-state index contributed by atoms with van der Waals surface area (Å²) in [6.07, 6.45) is 0. The largest absolute Gasteiger partial charge is 0.360 e. The van der Waals surface area contributed by atoms with Crippen LogP contribution in [0, 0.1) is 24.0 Å². The van der Waals surface area contributed by atoms with Gasteiger partial charge < -0.3 is 9.36 Å². The number of nitrogens with one attached hydrogen (secondary N) is 1. The third-order valence-electron chi connectivity index (χ3n) is 5.42. The first-order valence-electron chi connectivity index (χ1n) is 10.7. The smallest absolute Gasteiger partial charge is 0.294 e. The molecule has 1 heterocycles. The molecule has 0 spiro atoms. The van der Waals surface area contributed by atoms with Gasteiger partial charge in [0.1, 0.15) is 18.1 Å². The SMILES string of the molecule is Cc1ccc(-c2noc(C)c2-c2ccc(S(=O)(=O)NC(=O)c3ccc(CO[N+](=O)[O-])cc3)cc2)cc1. The summed E-state index contributed by atoms with van der Waals surface area (Å²) in [5.74, 6) is -0.251. The topological polar surface area (TPSA) is 142 Å². The molecule has 1 amide bonds. The number of aromatic nitrogens is 1. The van der Waals surface area contributed by atoms with Gasteiger partial charge in [-0.15, -0.1) is 10.1 Å². The van der Waals surface area contributed by atoms with Gasteiger partial charge in [0, 0.05) is 11.1 Å². The molecule has 0 fully saturated rings. The summed E-state index contributed by atoms with van der Waals surface area (Å²) < 4.78 is 33.0. The summed E-state index contributed by atoms with van der Waals surface area (Å²) >= 11 is 0. The number of carbonyl (C=O) groups is 1. The molecule has 0 aliphatic rings. The Labute approximate surface area is 206 Å². The number of benzene rings is 3. The lowest BCUT2D eigenvalue weighted by molar-refractivity contribution is -0.763. The van der Waals surface area contributed by atoms with E-state index in [4.69, 9.17) is 4.52 Å². The molecule has 10 nitrogen and oxygen atoms in total. The maximum atomic E-state index is 12.8. The van der Waals surface area contributed by atoms with Crippen molar-refractivity contribution in [2.24, 2.45) is 0 Å². The number of hydrogen-bond donors (Lipinski definition) is 1. The van der Waals surface area contributed by atoms with Crippen molar-refractivity contribution in [3.05, 3.63) is 105 Å². The molecule has 4 aromatic rings. The second-order valence-electron chi connectivity index (χ2n) is 7.98. The quantitative estimate of drug-likeness (QED) is 0.272. The average molecular weight is 508 g/mol. The van der Waals surface area contributed by atoms with Crippen LogP contribution in [0.25, 0.3) is 22.4 Å². The van der Waals surface area contributed by atoms with Crippen LogP contribution >= 0.6 is 0 Å². The molecule has 4 rings (SSSR count). The summed E-state index contributed by atoms with van der Waals surface area (Å²) in [7, 11) is -4.15. The van der Waals surface area contributed by atoms with Crippen molar-refractivity contribution in [3.63, 3.8) is 0 Å². The van der Waals surface area contributed by atoms with Crippen molar-refractivity contribution >= 4 is 15.9 Å². The lowest BCUT2D eigenvalue weighted by atomic mass is 9.99. The van der Waals surface area contributed by atoms with Gasteiger partial charge in [-0.2, -0.15) is 0 Å². The van der Waals surface area contributed by atoms with Crippen LogP contribution in [0.3, 0.4) is 0 Å². The number of sulfonamides is 1. The molecule has 0 unspecified atom stereocenters. The Morgan fingerprint density at radius 3 is 2.19 bits per heavy atom. The zero-order chi connectivity index (χ0) is 25.9. The van der Waals surface area contributed by atoms with Crippen LogP contribution in [0.2, 0.25) is 0 Å². The highest BCUT2D eigenvalue weighted by Gasteiger charge is 2.21. The highest BCUT2D eigenvalue weighted by molar-refractivity contribution is 7.90. The fourth-order valence-corrected chi connectivity index (χ4v) is 4.51. The molecular formula is C25H21N3O7S. The minimum atomic E-state index is -4.15. The average Bonchev–Trinajstić information content (AvgIpc) is 3.24. The van der Waals surface area contributed by atoms with Crippen molar-refractivity contribution < 1.29 is 27.7 Å². The van der Waals surface area contributed by atoms with E-state index >= 15 is 0 Å². The van der Waals surface area contributed by atoms with Crippen molar-refractivity contribution in [2.45, 2.75) is 25.3 Å². The third kappa shape index (κ3) is 5.41. The van der Waals surface area contributed by atoms with Gasteiger partial charge >= 0.3 is 0 Å². The number of rotatable bonds is 8. The summed E-state index contributed by atoms with van der Waals surface area (Å²) in [6.45, 7) is 3.48. The summed E-state index contributed by atoms with van der Waals surface area (Å²) in [5, 5.41) is 13.5. The normalized spacial score (nSPS) is 11.2. The molecule has 11 heteroatoms. The Morgan fingerprint density at radius 2 is 1.58 bits per heavy atom. The first kappa shape index (κ1) is 24.6. The van der Waals surface area contributed by atoms with Crippen molar-refractivity contribution in [1.82, 2.24) is 9.88 Å². The van der Waals surface area contributed by atoms with Crippen LogP contribution < -0.4 is 4.72 Å². The van der Waals surface area contributed by atoms with Crippen LogP contribution in [0.1, 0.15) is 27.2 Å². The van der Waals surface area contributed by atoms with E-state index in [1.54, 1.807) is 19.1 Å². The zero-order valence-corrected chi connectivity index (χ0v) is 20.1. The summed E-state index contributed by atoms with van der Waals surface area (Å²) in [4.78, 5) is 26.9. The second kappa shape index (κ2) is 10.0. The molecule has 0 bridgehead atoms. The highest BCUT2D eigenvalue weighted by Crippen LogP contribution is 2.34. The Balaban J connectivity index is 1.52. The van der Waals surface area contributed by atoms with Crippen molar-refractivity contribution in [1.29, 1.82) is 0 Å². The fourth-order valence-electron chi connectivity index (χ4n) is 3.54. The molecule has 0 atom stereocenters. The van der Waals surface area contributed by atoms with Gasteiger partial charge in [0.15, 0.2) is 0 Å². The highest BCUT2D eigenvalue weighted by atomic mass is 32.2. The number of carbonyl (C=O) groups excluding carboxylic acids is 1. The summed E-state index contributed by atoms with van der Waals surface area (Å²) in [6, 6.07) is 19.4. The maximum absolute atomic E-state index is 12.8. The molecular weight excluding hydrogens is 486 g/mol. The Bertz CT molecular complexity index is 1510. The standard InChI is InChI=1S/C25H21N3O7S/c1-16-3-7-20(8-4-16)24-23(17(2)35-26-24)19-11-13-22(14-12-19)36(32,33)27-25(29)21-9-5-18(6-10-21)15-34-28(30)31/h3-14H,15H2,1-2H3,(H,27,29). The number of hydrogen-bond acceptors (Lipinski definition) is 8. The minimum absolute atomic E-state index is 0.0721. The molecule has 0 radical (unpaired) electrons. The van der Waals surface area contributed by atoms with Gasteiger partial charge in [-0.3, -0.25) is 4.79 Å². The van der Waals surface area contributed by atoms with Gasteiger partial charge in [0.25, 0.3) is 21.0 Å². The Kier molecular flexibility index (Phi) is 6.84. The van der Waals surface area contributed by atoms with E-state index in [-0.39, 0.29) is 17.1 Å². The van der Waals surface area contributed by atoms with Gasteiger partial charge in [0.05, 0.1) is 10.5 Å². The van der Waals surface area contributed by atoms with Gasteiger partial charge in [-0.25, -0.2) is 13.1 Å². The van der Waals surface area contributed by atoms with Gasteiger partial charge in [-0.1, -0.05) is 59.3 Å². The van der Waals surface area contributed by atoms with E-state index in [2.05, 4.69) is 9.99 Å². The lowest BCUT2D eigenvalue weighted by Crippen LogP contribution is -2.30. The predicted octanol–water partition coefficient (Wildman–Crippen LogP) is 4.45. The Hall–Kier alpha value is -4.51. The van der Waals surface area contributed by atoms with E-state index in [0.717, 1.165) is 16.7 Å². The van der Waals surface area contributed by atoms with Crippen LogP contribution in [0.4, 0.5) is 0 Å². The molecule has 1 aromatic heterocycles. The first-order chi connectivity index (χ1) is 17.1. The summed E-state index contributed by atoms with van der Waals surface area (Å²) in [5.41, 5.74) is 4.60. The molecule has 184 valence electrons. The van der Waals surface area contributed by atoms with Gasteiger partial charge in [-0.05, 0) is 49.2 Å². The molecule has 0 aliphatic heterocycles. The van der Waals surface area contributed by atoms with E-state index in [1.807, 2.05) is 35.9 Å². The van der Waals surface area contributed by atoms with E-state index < -0.39 is 21.0 Å². The molecule has 36 heavy (non-hydrogen) atoms. The van der Waals surface area contributed by atoms with Gasteiger partial charge in [0.2, 0.25) is 0 Å². The predicted molar refractivity (Wildman–Crippen MR) is 130 cm³/mol. The molecule has 0 saturated carbocycles. The van der Waals surface area contributed by atoms with Crippen LogP contribution in [-0.2, 0) is 21.5 Å². The van der Waals surface area contributed by atoms with E-state index in [0.29, 0.717) is 22.6 Å². The maximum Gasteiger partial charge on any atom is 0.294 e. The number of nitrogens with zero attached hydrogens (tertiary/aromatic N) is 2. The van der Waals surface area contributed by atoms with Crippen LogP contribution in [-0.4, -0.2) is 24.6 Å². The first-order valence-corrected chi connectivity index (χ1v) is 12.2. The van der Waals surface area contributed by atoms with Crippen LogP contribution in [0.5, 0.6) is 0 Å².